The van der Waals surface area contributed by atoms with Crippen molar-refractivity contribution in [1.29, 1.82) is 0 Å². The van der Waals surface area contributed by atoms with Crippen LogP contribution in [-0.4, -0.2) is 48.3 Å². The largest absolute Gasteiger partial charge is 0.466 e. The van der Waals surface area contributed by atoms with Crippen LogP contribution in [0.1, 0.15) is 40.5 Å². The molecular weight excluding hydrogens is 376 g/mol. The zero-order valence-corrected chi connectivity index (χ0v) is 17.4. The van der Waals surface area contributed by atoms with E-state index in [2.05, 4.69) is 5.32 Å². The van der Waals surface area contributed by atoms with Crippen LogP contribution in [0.15, 0.2) is 30.3 Å². The lowest BCUT2D eigenvalue weighted by Gasteiger charge is -2.26. The van der Waals surface area contributed by atoms with Crippen molar-refractivity contribution in [1.82, 2.24) is 10.4 Å². The molecule has 0 aliphatic rings. The maximum Gasteiger partial charge on any atom is 0.308 e. The minimum absolute atomic E-state index is 0.0881. The summed E-state index contributed by atoms with van der Waals surface area (Å²) in [5.74, 6) is -1.71. The number of hydrogen-bond acceptors (Lipinski definition) is 6. The summed E-state index contributed by atoms with van der Waals surface area (Å²) in [4.78, 5) is 53.8. The average molecular weight is 406 g/mol. The molecule has 160 valence electrons. The number of rotatable bonds is 12. The lowest BCUT2D eigenvalue weighted by atomic mass is 9.91. The predicted molar refractivity (Wildman–Crippen MR) is 107 cm³/mol. The SMILES string of the molecule is CCOC(=O)CC(C=O)NC(=O)C(CC(=O)N(CC)Oc1ccccc1)C(C)C. The van der Waals surface area contributed by atoms with Crippen LogP contribution in [0.4, 0.5) is 0 Å². The molecule has 8 nitrogen and oxygen atoms in total. The van der Waals surface area contributed by atoms with Gasteiger partial charge < -0.3 is 19.7 Å². The lowest BCUT2D eigenvalue weighted by molar-refractivity contribution is -0.159. The first-order chi connectivity index (χ1) is 13.8. The second-order valence-electron chi connectivity index (χ2n) is 6.81. The summed E-state index contributed by atoms with van der Waals surface area (Å²) in [5, 5.41) is 3.73. The van der Waals surface area contributed by atoms with Crippen LogP contribution >= 0.6 is 0 Å². The molecule has 8 heteroatoms. The fourth-order valence-electron chi connectivity index (χ4n) is 2.64. The normalized spacial score (nSPS) is 12.6. The van der Waals surface area contributed by atoms with Gasteiger partial charge in [0.2, 0.25) is 5.91 Å². The molecule has 29 heavy (non-hydrogen) atoms. The predicted octanol–water partition coefficient (Wildman–Crippen LogP) is 2.13. The third-order valence-corrected chi connectivity index (χ3v) is 4.24. The molecule has 0 aliphatic heterocycles. The zero-order valence-electron chi connectivity index (χ0n) is 17.4. The molecule has 2 amide bonds. The first-order valence-electron chi connectivity index (χ1n) is 9.76. The van der Waals surface area contributed by atoms with Gasteiger partial charge in [-0.05, 0) is 31.9 Å². The van der Waals surface area contributed by atoms with Gasteiger partial charge in [0.1, 0.15) is 6.29 Å². The highest BCUT2D eigenvalue weighted by Crippen LogP contribution is 2.19. The highest BCUT2D eigenvalue weighted by molar-refractivity contribution is 5.88. The number of aldehydes is 1. The van der Waals surface area contributed by atoms with E-state index in [0.717, 1.165) is 0 Å². The van der Waals surface area contributed by atoms with E-state index in [9.17, 15) is 19.2 Å². The molecule has 0 saturated carbocycles. The third-order valence-electron chi connectivity index (χ3n) is 4.24. The van der Waals surface area contributed by atoms with Gasteiger partial charge in [0, 0.05) is 12.3 Å². The third kappa shape index (κ3) is 8.33. The molecule has 0 aromatic heterocycles. The Hall–Kier alpha value is -2.90. The Labute approximate surface area is 171 Å². The standard InChI is InChI=1S/C21H30N2O6/c1-5-23(29-17-10-8-7-9-11-17)19(25)13-18(15(3)4)21(27)22-16(14-24)12-20(26)28-6-2/h7-11,14-16,18H,5-6,12-13H2,1-4H3,(H,22,27). The zero-order chi connectivity index (χ0) is 21.8. The van der Waals surface area contributed by atoms with Crippen LogP contribution in [0.2, 0.25) is 0 Å². The fourth-order valence-corrected chi connectivity index (χ4v) is 2.64. The van der Waals surface area contributed by atoms with E-state index < -0.39 is 23.8 Å². The fraction of sp³-hybridized carbons (Fsp3) is 0.524. The molecule has 2 unspecified atom stereocenters. The highest BCUT2D eigenvalue weighted by atomic mass is 16.7. The van der Waals surface area contributed by atoms with Crippen LogP contribution < -0.4 is 10.2 Å². The van der Waals surface area contributed by atoms with E-state index in [1.807, 2.05) is 19.9 Å². The summed E-state index contributed by atoms with van der Waals surface area (Å²) in [7, 11) is 0. The number of nitrogens with zero attached hydrogens (tertiary/aromatic N) is 1. The smallest absolute Gasteiger partial charge is 0.308 e. The minimum atomic E-state index is -0.999. The Morgan fingerprint density at radius 2 is 1.76 bits per heavy atom. The lowest BCUT2D eigenvalue weighted by Crippen LogP contribution is -2.45. The van der Waals surface area contributed by atoms with E-state index in [0.29, 0.717) is 18.6 Å². The summed E-state index contributed by atoms with van der Waals surface area (Å²) < 4.78 is 4.80. The highest BCUT2D eigenvalue weighted by Gasteiger charge is 2.30. The number of hydroxylamine groups is 2. The molecule has 1 aromatic rings. The second kappa shape index (κ2) is 12.5. The second-order valence-corrected chi connectivity index (χ2v) is 6.81. The summed E-state index contributed by atoms with van der Waals surface area (Å²) in [5.41, 5.74) is 0. The Morgan fingerprint density at radius 1 is 1.10 bits per heavy atom. The number of carbonyl (C=O) groups is 4. The number of para-hydroxylation sites is 1. The minimum Gasteiger partial charge on any atom is -0.466 e. The summed E-state index contributed by atoms with van der Waals surface area (Å²) in [6, 6.07) is 7.88. The van der Waals surface area contributed by atoms with Gasteiger partial charge in [-0.3, -0.25) is 14.4 Å². The molecule has 0 heterocycles. The number of ether oxygens (including phenoxy) is 1. The Balaban J connectivity index is 2.76. The quantitative estimate of drug-likeness (QED) is 0.324. The molecule has 0 spiro atoms. The average Bonchev–Trinajstić information content (AvgIpc) is 2.70. The molecule has 0 bridgehead atoms. The van der Waals surface area contributed by atoms with Crippen LogP contribution in [0.3, 0.4) is 0 Å². The van der Waals surface area contributed by atoms with Gasteiger partial charge in [0.15, 0.2) is 5.75 Å². The summed E-state index contributed by atoms with van der Waals surface area (Å²) in [6.07, 6.45) is 0.153. The van der Waals surface area contributed by atoms with E-state index >= 15 is 0 Å². The Kier molecular flexibility index (Phi) is 10.4. The summed E-state index contributed by atoms with van der Waals surface area (Å²) in [6.45, 7) is 7.55. The van der Waals surface area contributed by atoms with E-state index in [-0.39, 0.29) is 31.3 Å². The molecule has 2 atom stereocenters. The van der Waals surface area contributed by atoms with E-state index in [4.69, 9.17) is 9.57 Å². The van der Waals surface area contributed by atoms with Gasteiger partial charge in [0.25, 0.3) is 5.91 Å². The van der Waals surface area contributed by atoms with Crippen molar-refractivity contribution in [2.75, 3.05) is 13.2 Å². The van der Waals surface area contributed by atoms with Gasteiger partial charge in [-0.2, -0.15) is 5.06 Å². The van der Waals surface area contributed by atoms with Crippen molar-refractivity contribution in [2.24, 2.45) is 11.8 Å². The van der Waals surface area contributed by atoms with E-state index in [1.54, 1.807) is 38.1 Å². The molecule has 0 saturated heterocycles. The number of amides is 2. The molecule has 1 N–H and O–H groups in total. The molecular formula is C21H30N2O6. The number of carbonyl (C=O) groups excluding carboxylic acids is 4. The molecule has 1 rings (SSSR count). The van der Waals surface area contributed by atoms with Crippen molar-refractivity contribution < 1.29 is 28.8 Å². The maximum absolute atomic E-state index is 12.7. The van der Waals surface area contributed by atoms with Crippen molar-refractivity contribution in [2.45, 2.75) is 46.6 Å². The maximum atomic E-state index is 12.7. The van der Waals surface area contributed by atoms with Crippen molar-refractivity contribution >= 4 is 24.1 Å². The monoisotopic (exact) mass is 406 g/mol. The van der Waals surface area contributed by atoms with Gasteiger partial charge in [-0.1, -0.05) is 32.0 Å². The number of nitrogens with one attached hydrogen (secondary N) is 1. The van der Waals surface area contributed by atoms with Crippen molar-refractivity contribution in [3.63, 3.8) is 0 Å². The first-order valence-corrected chi connectivity index (χ1v) is 9.76. The molecule has 0 fully saturated rings. The van der Waals surface area contributed by atoms with E-state index in [1.165, 1.54) is 5.06 Å². The van der Waals surface area contributed by atoms with Gasteiger partial charge >= 0.3 is 5.97 Å². The number of hydrogen-bond donors (Lipinski definition) is 1. The van der Waals surface area contributed by atoms with Crippen molar-refractivity contribution in [3.8, 4) is 5.75 Å². The van der Waals surface area contributed by atoms with Crippen LogP contribution in [0.5, 0.6) is 5.75 Å². The van der Waals surface area contributed by atoms with Crippen LogP contribution in [0, 0.1) is 11.8 Å². The first kappa shape index (κ1) is 24.1. The van der Waals surface area contributed by atoms with Crippen LogP contribution in [-0.2, 0) is 23.9 Å². The summed E-state index contributed by atoms with van der Waals surface area (Å²) >= 11 is 0. The molecule has 1 aromatic carbocycles. The van der Waals surface area contributed by atoms with Crippen LogP contribution in [0.25, 0.3) is 0 Å². The Morgan fingerprint density at radius 3 is 2.28 bits per heavy atom. The van der Waals surface area contributed by atoms with Gasteiger partial charge in [-0.25, -0.2) is 0 Å². The number of esters is 1. The Bertz CT molecular complexity index is 677. The molecule has 0 aliphatic carbocycles. The van der Waals surface area contributed by atoms with Gasteiger partial charge in [-0.15, -0.1) is 0 Å². The van der Waals surface area contributed by atoms with Crippen molar-refractivity contribution in [3.05, 3.63) is 30.3 Å². The number of benzene rings is 1. The topological polar surface area (TPSA) is 102 Å². The van der Waals surface area contributed by atoms with Gasteiger partial charge in [0.05, 0.1) is 25.6 Å². The molecule has 0 radical (unpaired) electrons.